The molecule has 2 aromatic rings. The Morgan fingerprint density at radius 3 is 2.85 bits per heavy atom. The van der Waals surface area contributed by atoms with Crippen molar-refractivity contribution in [2.45, 2.75) is 13.8 Å². The van der Waals surface area contributed by atoms with E-state index in [9.17, 15) is 4.79 Å². The smallest absolute Gasteiger partial charge is 0.170 e. The van der Waals surface area contributed by atoms with Crippen LogP contribution in [0.3, 0.4) is 0 Å². The molecule has 1 heterocycles. The fourth-order valence-electron chi connectivity index (χ4n) is 1.71. The van der Waals surface area contributed by atoms with Gasteiger partial charge in [0, 0.05) is 12.1 Å². The average Bonchev–Trinajstić information content (AvgIpc) is 2.92. The molecule has 1 aromatic heterocycles. The van der Waals surface area contributed by atoms with Crippen LogP contribution in [0.25, 0.3) is 5.69 Å². The van der Waals surface area contributed by atoms with Crippen LogP contribution < -0.4 is 10.6 Å². The first-order valence-corrected chi connectivity index (χ1v) is 6.57. The van der Waals surface area contributed by atoms with Gasteiger partial charge in [0.05, 0.1) is 11.4 Å². The minimum Gasteiger partial charge on any atom is -0.363 e. The summed E-state index contributed by atoms with van der Waals surface area (Å²) in [6.45, 7) is 4.20. The van der Waals surface area contributed by atoms with Gasteiger partial charge < -0.3 is 10.6 Å². The number of carbonyl (C=O) groups is 1. The second-order valence-corrected chi connectivity index (χ2v) is 4.52. The van der Waals surface area contributed by atoms with Gasteiger partial charge in [-0.1, -0.05) is 0 Å². The highest BCUT2D eigenvalue weighted by Gasteiger charge is 2.10. The minimum absolute atomic E-state index is 0.00689. The number of nitrogens with zero attached hydrogens (tertiary/aromatic N) is 3. The van der Waals surface area contributed by atoms with Crippen molar-refractivity contribution in [2.24, 2.45) is 0 Å². The van der Waals surface area contributed by atoms with Crippen LogP contribution in [0.4, 0.5) is 5.69 Å². The Balaban J connectivity index is 2.40. The summed E-state index contributed by atoms with van der Waals surface area (Å²) in [5, 5.41) is 10.7. The molecule has 1 aromatic carbocycles. The SMILES string of the molecule is CCNC(=S)Nc1cc(C(C)=O)ccc1-n1cncn1. The second-order valence-electron chi connectivity index (χ2n) is 4.11. The van der Waals surface area contributed by atoms with E-state index in [1.165, 1.54) is 13.3 Å². The van der Waals surface area contributed by atoms with Crippen LogP contribution in [-0.2, 0) is 0 Å². The van der Waals surface area contributed by atoms with Gasteiger partial charge >= 0.3 is 0 Å². The van der Waals surface area contributed by atoms with E-state index < -0.39 is 0 Å². The fourth-order valence-corrected chi connectivity index (χ4v) is 1.97. The van der Waals surface area contributed by atoms with Crippen molar-refractivity contribution < 1.29 is 4.79 Å². The topological polar surface area (TPSA) is 71.8 Å². The van der Waals surface area contributed by atoms with E-state index in [0.29, 0.717) is 16.4 Å². The molecule has 6 nitrogen and oxygen atoms in total. The predicted octanol–water partition coefficient (Wildman–Crippen LogP) is 1.78. The predicted molar refractivity (Wildman–Crippen MR) is 81.3 cm³/mol. The number of hydrogen-bond donors (Lipinski definition) is 2. The molecular weight excluding hydrogens is 274 g/mol. The number of anilines is 1. The highest BCUT2D eigenvalue weighted by Crippen LogP contribution is 2.21. The molecular formula is C13H15N5OS. The van der Waals surface area contributed by atoms with Crippen LogP contribution in [0.5, 0.6) is 0 Å². The zero-order valence-electron chi connectivity index (χ0n) is 11.3. The van der Waals surface area contributed by atoms with Crippen molar-refractivity contribution in [2.75, 3.05) is 11.9 Å². The van der Waals surface area contributed by atoms with E-state index in [1.54, 1.807) is 23.1 Å². The Kier molecular flexibility index (Phi) is 4.41. The highest BCUT2D eigenvalue weighted by atomic mass is 32.1. The molecule has 2 rings (SSSR count). The molecule has 0 unspecified atom stereocenters. The Hall–Kier alpha value is -2.28. The fraction of sp³-hybridized carbons (Fsp3) is 0.231. The first kappa shape index (κ1) is 14.1. The molecule has 0 aliphatic rings. The molecule has 0 radical (unpaired) electrons. The van der Waals surface area contributed by atoms with Crippen LogP contribution in [0.1, 0.15) is 24.2 Å². The van der Waals surface area contributed by atoms with Crippen LogP contribution in [-0.4, -0.2) is 32.2 Å². The molecule has 0 saturated carbocycles. The number of Topliss-reactive ketones (excluding diaryl/α,β-unsaturated/α-hetero) is 1. The molecule has 2 N–H and O–H groups in total. The number of hydrogen-bond acceptors (Lipinski definition) is 4. The Morgan fingerprint density at radius 1 is 1.45 bits per heavy atom. The molecule has 20 heavy (non-hydrogen) atoms. The Labute approximate surface area is 122 Å². The van der Waals surface area contributed by atoms with Crippen molar-refractivity contribution in [3.63, 3.8) is 0 Å². The number of ketones is 1. The van der Waals surface area contributed by atoms with Crippen LogP contribution in [0.15, 0.2) is 30.9 Å². The van der Waals surface area contributed by atoms with E-state index in [0.717, 1.165) is 12.2 Å². The molecule has 0 aliphatic carbocycles. The van der Waals surface area contributed by atoms with Crippen molar-refractivity contribution in [3.05, 3.63) is 36.4 Å². The summed E-state index contributed by atoms with van der Waals surface area (Å²) in [4.78, 5) is 15.4. The van der Waals surface area contributed by atoms with Gasteiger partial charge in [0.15, 0.2) is 10.9 Å². The summed E-state index contributed by atoms with van der Waals surface area (Å²) in [5.41, 5.74) is 2.08. The zero-order valence-corrected chi connectivity index (χ0v) is 12.1. The lowest BCUT2D eigenvalue weighted by Gasteiger charge is -2.14. The average molecular weight is 289 g/mol. The van der Waals surface area contributed by atoms with E-state index in [1.807, 2.05) is 13.0 Å². The first-order valence-electron chi connectivity index (χ1n) is 6.16. The van der Waals surface area contributed by atoms with Crippen molar-refractivity contribution in [3.8, 4) is 5.69 Å². The van der Waals surface area contributed by atoms with E-state index in [4.69, 9.17) is 12.2 Å². The third-order valence-corrected chi connectivity index (χ3v) is 2.90. The number of aromatic nitrogens is 3. The van der Waals surface area contributed by atoms with E-state index >= 15 is 0 Å². The summed E-state index contributed by atoms with van der Waals surface area (Å²) in [6, 6.07) is 5.31. The van der Waals surface area contributed by atoms with E-state index in [-0.39, 0.29) is 5.78 Å². The van der Waals surface area contributed by atoms with Gasteiger partial charge in [-0.2, -0.15) is 5.10 Å². The molecule has 0 aliphatic heterocycles. The second kappa shape index (κ2) is 6.25. The maximum absolute atomic E-state index is 11.5. The Morgan fingerprint density at radius 2 is 2.25 bits per heavy atom. The normalized spacial score (nSPS) is 10.1. The lowest BCUT2D eigenvalue weighted by Crippen LogP contribution is -2.28. The number of thiocarbonyl (C=S) groups is 1. The summed E-state index contributed by atoms with van der Waals surface area (Å²) < 4.78 is 1.61. The van der Waals surface area contributed by atoms with Gasteiger partial charge in [-0.3, -0.25) is 4.79 Å². The summed E-state index contributed by atoms with van der Waals surface area (Å²) >= 11 is 5.18. The van der Waals surface area contributed by atoms with Gasteiger partial charge in [0.25, 0.3) is 0 Å². The molecule has 0 amide bonds. The van der Waals surface area contributed by atoms with Crippen LogP contribution in [0, 0.1) is 0 Å². The number of carbonyl (C=O) groups excluding carboxylic acids is 1. The first-order chi connectivity index (χ1) is 9.61. The molecule has 0 bridgehead atoms. The lowest BCUT2D eigenvalue weighted by atomic mass is 10.1. The summed E-state index contributed by atoms with van der Waals surface area (Å²) in [7, 11) is 0. The lowest BCUT2D eigenvalue weighted by molar-refractivity contribution is 0.101. The maximum atomic E-state index is 11.5. The standard InChI is InChI=1S/C13H15N5OS/c1-3-15-13(20)17-11-6-10(9(2)19)4-5-12(11)18-8-14-7-16-18/h4-8H,3H2,1-2H3,(H2,15,17,20). The van der Waals surface area contributed by atoms with Crippen LogP contribution in [0.2, 0.25) is 0 Å². The molecule has 104 valence electrons. The largest absolute Gasteiger partial charge is 0.363 e. The molecule has 0 saturated heterocycles. The Bertz CT molecular complexity index is 624. The van der Waals surface area contributed by atoms with Gasteiger partial charge in [0.1, 0.15) is 12.7 Å². The molecule has 0 atom stereocenters. The monoisotopic (exact) mass is 289 g/mol. The van der Waals surface area contributed by atoms with Gasteiger partial charge in [-0.25, -0.2) is 9.67 Å². The summed E-state index contributed by atoms with van der Waals surface area (Å²) in [5.74, 6) is -0.00689. The van der Waals surface area contributed by atoms with Gasteiger partial charge in [-0.05, 0) is 44.3 Å². The maximum Gasteiger partial charge on any atom is 0.170 e. The number of nitrogens with one attached hydrogen (secondary N) is 2. The number of benzene rings is 1. The third kappa shape index (κ3) is 3.18. The van der Waals surface area contributed by atoms with Crippen molar-refractivity contribution >= 4 is 28.8 Å². The van der Waals surface area contributed by atoms with Crippen LogP contribution >= 0.6 is 12.2 Å². The van der Waals surface area contributed by atoms with Gasteiger partial charge in [0.2, 0.25) is 0 Å². The zero-order chi connectivity index (χ0) is 14.5. The minimum atomic E-state index is -0.00689. The van der Waals surface area contributed by atoms with Gasteiger partial charge in [-0.15, -0.1) is 0 Å². The third-order valence-electron chi connectivity index (χ3n) is 2.65. The van der Waals surface area contributed by atoms with Crippen molar-refractivity contribution in [1.82, 2.24) is 20.1 Å². The highest BCUT2D eigenvalue weighted by molar-refractivity contribution is 7.80. The van der Waals surface area contributed by atoms with E-state index in [2.05, 4.69) is 20.7 Å². The quantitative estimate of drug-likeness (QED) is 0.660. The molecule has 0 spiro atoms. The number of rotatable bonds is 4. The summed E-state index contributed by atoms with van der Waals surface area (Å²) in [6.07, 6.45) is 3.04. The molecule has 0 fully saturated rings. The van der Waals surface area contributed by atoms with Crippen molar-refractivity contribution in [1.29, 1.82) is 0 Å². The molecule has 7 heteroatoms.